The summed E-state index contributed by atoms with van der Waals surface area (Å²) in [4.78, 5) is 25.2. The summed E-state index contributed by atoms with van der Waals surface area (Å²) in [6, 6.07) is 9.16. The molecule has 0 heterocycles. The summed E-state index contributed by atoms with van der Waals surface area (Å²) < 4.78 is 13.7. The number of likely N-dealkylation sites (N-methyl/N-ethyl adjacent to an activating group) is 1. The lowest BCUT2D eigenvalue weighted by molar-refractivity contribution is -0.881. The van der Waals surface area contributed by atoms with E-state index in [0.717, 1.165) is 10.5 Å². The fourth-order valence-corrected chi connectivity index (χ4v) is 2.82. The van der Waals surface area contributed by atoms with E-state index in [1.54, 1.807) is 12.1 Å². The second-order valence-electron chi connectivity index (χ2n) is 6.14. The molecule has 27 heavy (non-hydrogen) atoms. The van der Waals surface area contributed by atoms with E-state index in [9.17, 15) is 14.0 Å². The molecule has 0 aliphatic rings. The van der Waals surface area contributed by atoms with Crippen molar-refractivity contribution in [3.8, 4) is 0 Å². The van der Waals surface area contributed by atoms with Crippen molar-refractivity contribution in [1.82, 2.24) is 0 Å². The molecule has 144 valence electrons. The maximum absolute atomic E-state index is 13.7. The molecule has 2 aromatic rings. The fraction of sp³-hybridized carbons (Fsp3) is 0.263. The number of halogens is 3. The molecule has 2 aromatic carbocycles. The average molecular weight is 413 g/mol. The number of amides is 2. The number of quaternary nitrogens is 1. The van der Waals surface area contributed by atoms with Gasteiger partial charge in [-0.25, -0.2) is 4.39 Å². The second kappa shape index (κ2) is 9.69. The van der Waals surface area contributed by atoms with Gasteiger partial charge in [0.25, 0.3) is 11.8 Å². The van der Waals surface area contributed by atoms with E-state index in [-0.39, 0.29) is 24.7 Å². The SMILES string of the molecule is CC[NH+](CC(=O)Nc1cc(Cl)ccc1C)CC(=O)Nc1cc(Cl)ccc1F. The second-order valence-corrected chi connectivity index (χ2v) is 7.01. The first-order valence-corrected chi connectivity index (χ1v) is 9.18. The van der Waals surface area contributed by atoms with Crippen molar-refractivity contribution in [1.29, 1.82) is 0 Å². The van der Waals surface area contributed by atoms with Crippen LogP contribution < -0.4 is 15.5 Å². The predicted octanol–water partition coefficient (Wildman–Crippen LogP) is 2.92. The third-order valence-electron chi connectivity index (χ3n) is 4.00. The van der Waals surface area contributed by atoms with Crippen molar-refractivity contribution in [2.75, 3.05) is 30.3 Å². The Hall–Kier alpha value is -2.15. The van der Waals surface area contributed by atoms with E-state index in [2.05, 4.69) is 10.6 Å². The van der Waals surface area contributed by atoms with Gasteiger partial charge in [-0.05, 0) is 49.7 Å². The zero-order chi connectivity index (χ0) is 20.0. The van der Waals surface area contributed by atoms with Crippen molar-refractivity contribution in [3.63, 3.8) is 0 Å². The third-order valence-corrected chi connectivity index (χ3v) is 4.47. The highest BCUT2D eigenvalue weighted by Crippen LogP contribution is 2.20. The molecule has 0 fully saturated rings. The first-order chi connectivity index (χ1) is 12.8. The van der Waals surface area contributed by atoms with Crippen LogP contribution in [0.1, 0.15) is 12.5 Å². The highest BCUT2D eigenvalue weighted by molar-refractivity contribution is 6.31. The third kappa shape index (κ3) is 6.50. The molecule has 2 amide bonds. The molecule has 1 unspecified atom stereocenters. The van der Waals surface area contributed by atoms with Crippen molar-refractivity contribution in [2.24, 2.45) is 0 Å². The van der Waals surface area contributed by atoms with Crippen molar-refractivity contribution < 1.29 is 18.9 Å². The van der Waals surface area contributed by atoms with Gasteiger partial charge in [0, 0.05) is 15.7 Å². The molecule has 1 atom stereocenters. The molecule has 0 aliphatic carbocycles. The number of rotatable bonds is 7. The summed E-state index contributed by atoms with van der Waals surface area (Å²) >= 11 is 11.8. The Morgan fingerprint density at radius 1 is 0.963 bits per heavy atom. The van der Waals surface area contributed by atoms with Gasteiger partial charge in [-0.2, -0.15) is 0 Å². The normalized spacial score (nSPS) is 11.7. The van der Waals surface area contributed by atoms with Gasteiger partial charge in [0.2, 0.25) is 0 Å². The summed E-state index contributed by atoms with van der Waals surface area (Å²) in [6.45, 7) is 4.38. The Morgan fingerprint density at radius 3 is 2.07 bits per heavy atom. The Bertz CT molecular complexity index is 778. The molecular formula is C19H21Cl2FN3O2+. The molecule has 0 saturated carbocycles. The lowest BCUT2D eigenvalue weighted by atomic mass is 10.2. The standard InChI is InChI=1S/C19H20Cl2FN3O2/c1-3-25(10-18(26)23-16-8-13(20)5-4-12(16)2)11-19(27)24-17-9-14(21)6-7-15(17)22/h4-9H,3,10-11H2,1-2H3,(H,23,26)(H,24,27)/p+1. The molecule has 0 radical (unpaired) electrons. The van der Waals surface area contributed by atoms with Crippen LogP contribution in [0.25, 0.3) is 0 Å². The maximum atomic E-state index is 13.7. The highest BCUT2D eigenvalue weighted by atomic mass is 35.5. The quantitative estimate of drug-likeness (QED) is 0.654. The van der Waals surface area contributed by atoms with Crippen LogP contribution in [-0.2, 0) is 9.59 Å². The lowest BCUT2D eigenvalue weighted by Crippen LogP contribution is -3.13. The summed E-state index contributed by atoms with van der Waals surface area (Å²) in [5.41, 5.74) is 1.54. The topological polar surface area (TPSA) is 62.6 Å². The van der Waals surface area contributed by atoms with Gasteiger partial charge >= 0.3 is 0 Å². The van der Waals surface area contributed by atoms with Gasteiger partial charge in [-0.3, -0.25) is 9.59 Å². The van der Waals surface area contributed by atoms with Crippen LogP contribution in [-0.4, -0.2) is 31.4 Å². The van der Waals surface area contributed by atoms with E-state index in [1.165, 1.54) is 18.2 Å². The molecule has 5 nitrogen and oxygen atoms in total. The van der Waals surface area contributed by atoms with E-state index in [1.807, 2.05) is 19.9 Å². The van der Waals surface area contributed by atoms with Gasteiger partial charge in [0.1, 0.15) is 5.82 Å². The Morgan fingerprint density at radius 2 is 1.48 bits per heavy atom. The van der Waals surface area contributed by atoms with E-state index < -0.39 is 11.7 Å². The minimum absolute atomic E-state index is 0.0157. The molecule has 8 heteroatoms. The largest absolute Gasteiger partial charge is 0.321 e. The van der Waals surface area contributed by atoms with Gasteiger partial charge in [0.15, 0.2) is 13.1 Å². The minimum atomic E-state index is -0.569. The number of nitrogens with one attached hydrogen (secondary N) is 3. The number of benzene rings is 2. The summed E-state index contributed by atoms with van der Waals surface area (Å²) in [5.74, 6) is -1.21. The van der Waals surface area contributed by atoms with E-state index in [4.69, 9.17) is 23.2 Å². The monoisotopic (exact) mass is 412 g/mol. The molecular weight excluding hydrogens is 392 g/mol. The van der Waals surface area contributed by atoms with E-state index in [0.29, 0.717) is 22.3 Å². The molecule has 2 rings (SSSR count). The number of carbonyl (C=O) groups excluding carboxylic acids is 2. The molecule has 3 N–H and O–H groups in total. The van der Waals surface area contributed by atoms with Gasteiger partial charge < -0.3 is 15.5 Å². The van der Waals surface area contributed by atoms with Crippen molar-refractivity contribution >= 4 is 46.4 Å². The minimum Gasteiger partial charge on any atom is -0.321 e. The predicted molar refractivity (Wildman–Crippen MR) is 106 cm³/mol. The number of hydrogen-bond acceptors (Lipinski definition) is 2. The zero-order valence-corrected chi connectivity index (χ0v) is 16.5. The molecule has 0 saturated heterocycles. The van der Waals surface area contributed by atoms with Crippen LogP contribution in [0.5, 0.6) is 0 Å². The van der Waals surface area contributed by atoms with Crippen LogP contribution in [0, 0.1) is 12.7 Å². The molecule has 0 aliphatic heterocycles. The average Bonchev–Trinajstić information content (AvgIpc) is 2.60. The number of anilines is 2. The smallest absolute Gasteiger partial charge is 0.279 e. The van der Waals surface area contributed by atoms with E-state index >= 15 is 0 Å². The lowest BCUT2D eigenvalue weighted by Gasteiger charge is -2.17. The van der Waals surface area contributed by atoms with Crippen LogP contribution in [0.15, 0.2) is 36.4 Å². The number of aryl methyl sites for hydroxylation is 1. The number of carbonyl (C=O) groups is 2. The summed E-state index contributed by atoms with van der Waals surface area (Å²) in [7, 11) is 0. The Kier molecular flexibility index (Phi) is 7.59. The van der Waals surface area contributed by atoms with Crippen LogP contribution in [0.3, 0.4) is 0 Å². The van der Waals surface area contributed by atoms with Gasteiger partial charge in [-0.1, -0.05) is 29.3 Å². The number of hydrogen-bond donors (Lipinski definition) is 3. The Labute approximate surface area is 167 Å². The zero-order valence-electron chi connectivity index (χ0n) is 15.0. The molecule has 0 bridgehead atoms. The first kappa shape index (κ1) is 21.2. The van der Waals surface area contributed by atoms with Crippen LogP contribution in [0.4, 0.5) is 15.8 Å². The van der Waals surface area contributed by atoms with Gasteiger partial charge in [0.05, 0.1) is 12.2 Å². The highest BCUT2D eigenvalue weighted by Gasteiger charge is 2.18. The first-order valence-electron chi connectivity index (χ1n) is 8.43. The van der Waals surface area contributed by atoms with Crippen LogP contribution in [0.2, 0.25) is 10.0 Å². The van der Waals surface area contributed by atoms with Crippen LogP contribution >= 0.6 is 23.2 Å². The van der Waals surface area contributed by atoms with Crippen molar-refractivity contribution in [3.05, 3.63) is 57.8 Å². The fourth-order valence-electron chi connectivity index (χ4n) is 2.48. The summed E-state index contributed by atoms with van der Waals surface area (Å²) in [5, 5.41) is 6.14. The van der Waals surface area contributed by atoms with Gasteiger partial charge in [-0.15, -0.1) is 0 Å². The Balaban J connectivity index is 1.94. The maximum Gasteiger partial charge on any atom is 0.279 e. The summed E-state index contributed by atoms with van der Waals surface area (Å²) in [6.07, 6.45) is 0. The molecule has 0 spiro atoms. The van der Waals surface area contributed by atoms with Crippen molar-refractivity contribution in [2.45, 2.75) is 13.8 Å². The molecule has 0 aromatic heterocycles.